The number of hydrogen-bond donors (Lipinski definition) is 0. The summed E-state index contributed by atoms with van der Waals surface area (Å²) >= 11 is 0. The molecule has 7 heteroatoms. The first-order valence-corrected chi connectivity index (χ1v) is 5.79. The molecule has 20 heavy (non-hydrogen) atoms. The van der Waals surface area contributed by atoms with Gasteiger partial charge in [0.1, 0.15) is 5.75 Å². The fourth-order valence-electron chi connectivity index (χ4n) is 1.51. The third-order valence-electron chi connectivity index (χ3n) is 2.29. The highest BCUT2D eigenvalue weighted by molar-refractivity contribution is 5.56. The molecule has 1 aromatic carbocycles. The van der Waals surface area contributed by atoms with Gasteiger partial charge >= 0.3 is 6.36 Å². The van der Waals surface area contributed by atoms with Gasteiger partial charge in [-0.05, 0) is 31.2 Å². The van der Waals surface area contributed by atoms with Gasteiger partial charge in [0.15, 0.2) is 11.6 Å². The van der Waals surface area contributed by atoms with Gasteiger partial charge in [-0.3, -0.25) is 0 Å². The van der Waals surface area contributed by atoms with Gasteiger partial charge in [-0.25, -0.2) is 9.97 Å². The normalized spacial score (nSPS) is 11.2. The molecule has 0 spiro atoms. The van der Waals surface area contributed by atoms with Crippen molar-refractivity contribution >= 4 is 0 Å². The zero-order chi connectivity index (χ0) is 14.6. The Bertz CT molecular complexity index is 553. The zero-order valence-corrected chi connectivity index (χ0v) is 10.5. The number of hydrogen-bond acceptors (Lipinski definition) is 4. The maximum Gasteiger partial charge on any atom is 0.573 e. The van der Waals surface area contributed by atoms with E-state index in [1.807, 2.05) is 6.92 Å². The van der Waals surface area contributed by atoms with Crippen molar-refractivity contribution in [1.29, 1.82) is 0 Å². The molecule has 2 aromatic rings. The maximum atomic E-state index is 12.0. The van der Waals surface area contributed by atoms with Crippen LogP contribution in [0.2, 0.25) is 0 Å². The van der Waals surface area contributed by atoms with Crippen LogP contribution in [0.15, 0.2) is 36.7 Å². The smallest absolute Gasteiger partial charge is 0.491 e. The zero-order valence-electron chi connectivity index (χ0n) is 10.5. The van der Waals surface area contributed by atoms with Gasteiger partial charge in [-0.1, -0.05) is 0 Å². The average molecular weight is 284 g/mol. The lowest BCUT2D eigenvalue weighted by molar-refractivity contribution is -0.274. The van der Waals surface area contributed by atoms with Crippen LogP contribution >= 0.6 is 0 Å². The summed E-state index contributed by atoms with van der Waals surface area (Å²) in [5.41, 5.74) is 0.586. The van der Waals surface area contributed by atoms with E-state index < -0.39 is 6.36 Å². The predicted octanol–water partition coefficient (Wildman–Crippen LogP) is 3.44. The highest BCUT2D eigenvalue weighted by atomic mass is 19.4. The fourth-order valence-corrected chi connectivity index (χ4v) is 1.51. The minimum absolute atomic E-state index is 0.285. The molecule has 0 amide bonds. The lowest BCUT2D eigenvalue weighted by atomic mass is 10.2. The summed E-state index contributed by atoms with van der Waals surface area (Å²) in [5.74, 6) is 0.646. The number of alkyl halides is 3. The molecule has 0 atom stereocenters. The SMILES string of the molecule is CCOc1cnc(-c2ccc(OC(F)(F)F)cc2)nc1. The summed E-state index contributed by atoms with van der Waals surface area (Å²) in [7, 11) is 0. The van der Waals surface area contributed by atoms with Crippen LogP contribution in [0.1, 0.15) is 6.92 Å². The standard InChI is InChI=1S/C13H11F3N2O2/c1-2-19-11-7-17-12(18-8-11)9-3-5-10(6-4-9)20-13(14,15)16/h3-8H,2H2,1H3. The van der Waals surface area contributed by atoms with Gasteiger partial charge in [0.05, 0.1) is 19.0 Å². The average Bonchev–Trinajstić information content (AvgIpc) is 2.39. The van der Waals surface area contributed by atoms with Gasteiger partial charge in [0, 0.05) is 5.56 Å². The third kappa shape index (κ3) is 3.84. The summed E-state index contributed by atoms with van der Waals surface area (Å²) < 4.78 is 45.0. The fraction of sp³-hybridized carbons (Fsp3) is 0.231. The molecule has 2 rings (SSSR count). The minimum atomic E-state index is -4.70. The van der Waals surface area contributed by atoms with Crippen LogP contribution in [0, 0.1) is 0 Å². The van der Waals surface area contributed by atoms with E-state index in [1.54, 1.807) is 0 Å². The van der Waals surface area contributed by atoms with Crippen LogP contribution in [0.5, 0.6) is 11.5 Å². The monoisotopic (exact) mass is 284 g/mol. The van der Waals surface area contributed by atoms with E-state index in [9.17, 15) is 13.2 Å². The van der Waals surface area contributed by atoms with E-state index in [0.29, 0.717) is 23.7 Å². The lowest BCUT2D eigenvalue weighted by Gasteiger charge is -2.09. The van der Waals surface area contributed by atoms with Crippen LogP contribution < -0.4 is 9.47 Å². The predicted molar refractivity (Wildman–Crippen MR) is 65.3 cm³/mol. The lowest BCUT2D eigenvalue weighted by Crippen LogP contribution is -2.16. The van der Waals surface area contributed by atoms with Crippen molar-refractivity contribution in [3.63, 3.8) is 0 Å². The van der Waals surface area contributed by atoms with E-state index in [4.69, 9.17) is 4.74 Å². The molecule has 0 aliphatic heterocycles. The molecule has 0 saturated heterocycles. The van der Waals surface area contributed by atoms with Crippen molar-refractivity contribution in [3.8, 4) is 22.9 Å². The summed E-state index contributed by atoms with van der Waals surface area (Å²) in [6, 6.07) is 5.33. The number of benzene rings is 1. The van der Waals surface area contributed by atoms with Crippen LogP contribution in [-0.2, 0) is 0 Å². The highest BCUT2D eigenvalue weighted by Crippen LogP contribution is 2.25. The second-order valence-electron chi connectivity index (χ2n) is 3.75. The summed E-state index contributed by atoms with van der Waals surface area (Å²) in [6.45, 7) is 2.35. The van der Waals surface area contributed by atoms with Gasteiger partial charge in [-0.2, -0.15) is 0 Å². The van der Waals surface area contributed by atoms with E-state index in [1.165, 1.54) is 36.7 Å². The van der Waals surface area contributed by atoms with Gasteiger partial charge in [-0.15, -0.1) is 13.2 Å². The largest absolute Gasteiger partial charge is 0.573 e. The second kappa shape index (κ2) is 5.77. The molecule has 1 aromatic heterocycles. The number of rotatable bonds is 4. The topological polar surface area (TPSA) is 44.2 Å². The Morgan fingerprint density at radius 2 is 1.60 bits per heavy atom. The Labute approximate surface area is 113 Å². The first kappa shape index (κ1) is 14.1. The molecular weight excluding hydrogens is 273 g/mol. The number of halogens is 3. The van der Waals surface area contributed by atoms with Crippen molar-refractivity contribution in [1.82, 2.24) is 9.97 Å². The molecule has 0 N–H and O–H groups in total. The molecule has 0 aliphatic carbocycles. The van der Waals surface area contributed by atoms with Gasteiger partial charge in [0.2, 0.25) is 0 Å². The molecule has 106 valence electrons. The summed E-state index contributed by atoms with van der Waals surface area (Å²) in [6.07, 6.45) is -1.69. The molecule has 1 heterocycles. The van der Waals surface area contributed by atoms with E-state index in [0.717, 1.165) is 0 Å². The van der Waals surface area contributed by atoms with E-state index in [2.05, 4.69) is 14.7 Å². The van der Waals surface area contributed by atoms with Gasteiger partial charge in [0.25, 0.3) is 0 Å². The molecule has 0 radical (unpaired) electrons. The van der Waals surface area contributed by atoms with Crippen molar-refractivity contribution in [2.75, 3.05) is 6.61 Å². The van der Waals surface area contributed by atoms with Crippen LogP contribution in [0.4, 0.5) is 13.2 Å². The van der Waals surface area contributed by atoms with E-state index in [-0.39, 0.29) is 5.75 Å². The van der Waals surface area contributed by atoms with Crippen molar-refractivity contribution in [2.24, 2.45) is 0 Å². The first-order valence-electron chi connectivity index (χ1n) is 5.79. The Morgan fingerprint density at radius 3 is 2.10 bits per heavy atom. The molecule has 0 fully saturated rings. The van der Waals surface area contributed by atoms with Gasteiger partial charge < -0.3 is 9.47 Å². The summed E-state index contributed by atoms with van der Waals surface area (Å²) in [4.78, 5) is 8.15. The molecule has 0 aliphatic rings. The Hall–Kier alpha value is -2.31. The van der Waals surface area contributed by atoms with Crippen molar-refractivity contribution < 1.29 is 22.6 Å². The Morgan fingerprint density at radius 1 is 1.00 bits per heavy atom. The number of aromatic nitrogens is 2. The highest BCUT2D eigenvalue weighted by Gasteiger charge is 2.30. The Balaban J connectivity index is 2.13. The molecule has 0 bridgehead atoms. The second-order valence-corrected chi connectivity index (χ2v) is 3.75. The minimum Gasteiger partial charge on any atom is -0.491 e. The number of ether oxygens (including phenoxy) is 2. The van der Waals surface area contributed by atoms with E-state index >= 15 is 0 Å². The molecule has 4 nitrogen and oxygen atoms in total. The maximum absolute atomic E-state index is 12.0. The quantitative estimate of drug-likeness (QED) is 0.862. The summed E-state index contributed by atoms with van der Waals surface area (Å²) in [5, 5.41) is 0. The molecule has 0 saturated carbocycles. The molecular formula is C13H11F3N2O2. The van der Waals surface area contributed by atoms with Crippen LogP contribution in [-0.4, -0.2) is 22.9 Å². The van der Waals surface area contributed by atoms with Crippen LogP contribution in [0.25, 0.3) is 11.4 Å². The molecule has 0 unspecified atom stereocenters. The number of nitrogens with zero attached hydrogens (tertiary/aromatic N) is 2. The van der Waals surface area contributed by atoms with Crippen LogP contribution in [0.3, 0.4) is 0 Å². The Kier molecular flexibility index (Phi) is 4.07. The van der Waals surface area contributed by atoms with Crippen molar-refractivity contribution in [2.45, 2.75) is 13.3 Å². The third-order valence-corrected chi connectivity index (χ3v) is 2.29. The first-order chi connectivity index (χ1) is 9.48. The van der Waals surface area contributed by atoms with Crippen molar-refractivity contribution in [3.05, 3.63) is 36.7 Å².